The Labute approximate surface area is 250 Å². The number of esters is 1. The molecule has 0 saturated carbocycles. The number of benzene rings is 2. The van der Waals surface area contributed by atoms with E-state index in [1.807, 2.05) is 23.1 Å². The molecule has 0 spiro atoms. The van der Waals surface area contributed by atoms with Crippen molar-refractivity contribution in [2.45, 2.75) is 38.4 Å². The number of fused-ring (bicyclic) bond motifs is 1. The molecule has 4 rings (SSSR count). The first-order valence-electron chi connectivity index (χ1n) is 13.1. The third-order valence-corrected chi connectivity index (χ3v) is 8.00. The lowest BCUT2D eigenvalue weighted by Gasteiger charge is -2.36. The van der Waals surface area contributed by atoms with Gasteiger partial charge in [-0.25, -0.2) is 9.18 Å². The summed E-state index contributed by atoms with van der Waals surface area (Å²) in [5.74, 6) is -0.453. The minimum atomic E-state index is -0.501. The molecule has 2 aliphatic rings. The molecule has 2 fully saturated rings. The van der Waals surface area contributed by atoms with Gasteiger partial charge in [-0.15, -0.1) is 0 Å². The van der Waals surface area contributed by atoms with Gasteiger partial charge in [0.15, 0.2) is 0 Å². The number of piperidine rings is 1. The van der Waals surface area contributed by atoms with E-state index in [2.05, 4.69) is 31.1 Å². The molecule has 0 aliphatic carbocycles. The smallest absolute Gasteiger partial charge is 0.337 e. The second kappa shape index (κ2) is 14.4. The second-order valence-corrected chi connectivity index (χ2v) is 11.0. The Balaban J connectivity index is 0.000000507. The van der Waals surface area contributed by atoms with E-state index >= 15 is 0 Å². The molecular formula is C31H34Cl2FN3O4. The fourth-order valence-electron chi connectivity index (χ4n) is 5.49. The number of anilines is 1. The molecule has 0 radical (unpaired) electrons. The Morgan fingerprint density at radius 1 is 1.27 bits per heavy atom. The molecule has 0 bridgehead atoms. The number of nitrogens with zero attached hydrogens (tertiary/aromatic N) is 1. The zero-order chi connectivity index (χ0) is 30.2. The van der Waals surface area contributed by atoms with E-state index < -0.39 is 5.54 Å². The van der Waals surface area contributed by atoms with Gasteiger partial charge in [-0.3, -0.25) is 9.59 Å². The van der Waals surface area contributed by atoms with Crippen molar-refractivity contribution in [2.75, 3.05) is 19.0 Å². The first kappa shape index (κ1) is 32.1. The van der Waals surface area contributed by atoms with Gasteiger partial charge in [-0.05, 0) is 66.8 Å². The summed E-state index contributed by atoms with van der Waals surface area (Å²) in [5, 5.41) is 7.38. The van der Waals surface area contributed by atoms with Crippen LogP contribution in [-0.2, 0) is 26.4 Å². The second-order valence-electron chi connectivity index (χ2n) is 10.1. The normalized spacial score (nSPS) is 23.6. The highest BCUT2D eigenvalue weighted by atomic mass is 35.5. The van der Waals surface area contributed by atoms with Gasteiger partial charge in [0.05, 0.1) is 24.9 Å². The molecular weight excluding hydrogens is 568 g/mol. The zero-order valence-corrected chi connectivity index (χ0v) is 24.7. The Kier molecular flexibility index (Phi) is 11.3. The minimum absolute atomic E-state index is 0.00659. The van der Waals surface area contributed by atoms with Gasteiger partial charge in [0.2, 0.25) is 12.3 Å². The Morgan fingerprint density at radius 3 is 2.59 bits per heavy atom. The maximum atomic E-state index is 13.5. The van der Waals surface area contributed by atoms with Crippen LogP contribution in [0.2, 0.25) is 5.02 Å². The number of likely N-dealkylation sites (tertiary alicyclic amines) is 1. The standard InChI is InChI=1S/C25H28ClN3O4.C6H6ClF/c1-15-22-20(28-25(15,2)19-9-8-18(26)12-21(19)27-14-30)10-11-29(23(22)31)13-16-4-6-17(7-5-16)24(32)33-3;1-6(7)4-2-3-5-8/h4-9,12,14-15,20,22,28H,10-11,13H2,1-3H3,(H,27,30);2-5H,1H2/b;4-2-,5-3-/t15?,20?,22?,25-;/m0./s1. The number of ether oxygens (including phenoxy) is 1. The lowest BCUT2D eigenvalue weighted by Crippen LogP contribution is -2.49. The van der Waals surface area contributed by atoms with E-state index in [4.69, 9.17) is 27.9 Å². The number of methoxy groups -OCH3 is 1. The predicted molar refractivity (Wildman–Crippen MR) is 160 cm³/mol. The first-order chi connectivity index (χ1) is 19.5. The number of nitrogens with one attached hydrogen (secondary N) is 2. The van der Waals surface area contributed by atoms with E-state index in [9.17, 15) is 18.8 Å². The summed E-state index contributed by atoms with van der Waals surface area (Å²) in [6, 6.07) is 12.7. The summed E-state index contributed by atoms with van der Waals surface area (Å²) in [6.07, 6.45) is 6.10. The number of allylic oxidation sites excluding steroid dienone is 4. The molecule has 41 heavy (non-hydrogen) atoms. The van der Waals surface area contributed by atoms with Crippen LogP contribution in [0.3, 0.4) is 0 Å². The fraction of sp³-hybridized carbons (Fsp3) is 0.323. The number of rotatable bonds is 8. The lowest BCUT2D eigenvalue weighted by atomic mass is 9.75. The lowest BCUT2D eigenvalue weighted by molar-refractivity contribution is -0.140. The largest absolute Gasteiger partial charge is 0.465 e. The highest BCUT2D eigenvalue weighted by Crippen LogP contribution is 2.47. The molecule has 2 aromatic carbocycles. The van der Waals surface area contributed by atoms with Crippen molar-refractivity contribution in [3.63, 3.8) is 0 Å². The van der Waals surface area contributed by atoms with E-state index in [1.165, 1.54) is 25.3 Å². The topological polar surface area (TPSA) is 87.7 Å². The summed E-state index contributed by atoms with van der Waals surface area (Å²) >= 11 is 11.4. The summed E-state index contributed by atoms with van der Waals surface area (Å²) in [5.41, 5.74) is 2.51. The van der Waals surface area contributed by atoms with Crippen molar-refractivity contribution in [2.24, 2.45) is 11.8 Å². The molecule has 218 valence electrons. The Bertz CT molecular complexity index is 1330. The summed E-state index contributed by atoms with van der Waals surface area (Å²) in [7, 11) is 1.35. The molecule has 10 heteroatoms. The number of carbonyl (C=O) groups excluding carboxylic acids is 3. The van der Waals surface area contributed by atoms with Gasteiger partial charge in [0.1, 0.15) is 0 Å². The van der Waals surface area contributed by atoms with Gasteiger partial charge >= 0.3 is 5.97 Å². The molecule has 2 amide bonds. The molecule has 2 saturated heterocycles. The molecule has 3 unspecified atom stereocenters. The summed E-state index contributed by atoms with van der Waals surface area (Å²) in [4.78, 5) is 38.3. The van der Waals surface area contributed by atoms with Crippen molar-refractivity contribution in [3.8, 4) is 0 Å². The highest BCUT2D eigenvalue weighted by Gasteiger charge is 2.54. The monoisotopic (exact) mass is 601 g/mol. The van der Waals surface area contributed by atoms with Crippen LogP contribution in [0.4, 0.5) is 10.1 Å². The van der Waals surface area contributed by atoms with Gasteiger partial charge in [0.25, 0.3) is 0 Å². The average molecular weight is 603 g/mol. The molecule has 4 atom stereocenters. The van der Waals surface area contributed by atoms with Gasteiger partial charge in [-0.1, -0.05) is 61.0 Å². The Morgan fingerprint density at radius 2 is 1.98 bits per heavy atom. The van der Waals surface area contributed by atoms with Crippen LogP contribution in [0, 0.1) is 11.8 Å². The third kappa shape index (κ3) is 7.64. The van der Waals surface area contributed by atoms with Crippen molar-refractivity contribution in [1.29, 1.82) is 0 Å². The Hall–Kier alpha value is -3.46. The number of hydrogen-bond acceptors (Lipinski definition) is 5. The number of amides is 2. The molecule has 2 aliphatic heterocycles. The summed E-state index contributed by atoms with van der Waals surface area (Å²) in [6.45, 7) is 8.66. The molecule has 2 aromatic rings. The summed E-state index contributed by atoms with van der Waals surface area (Å²) < 4.78 is 15.9. The molecule has 0 aromatic heterocycles. The van der Waals surface area contributed by atoms with E-state index in [0.29, 0.717) is 47.1 Å². The van der Waals surface area contributed by atoms with Crippen LogP contribution in [-0.4, -0.2) is 42.9 Å². The maximum Gasteiger partial charge on any atom is 0.337 e. The third-order valence-electron chi connectivity index (χ3n) is 7.64. The maximum absolute atomic E-state index is 13.5. The van der Waals surface area contributed by atoms with E-state index in [1.54, 1.807) is 24.3 Å². The zero-order valence-electron chi connectivity index (χ0n) is 23.2. The quantitative estimate of drug-likeness (QED) is 0.209. The average Bonchev–Trinajstić information content (AvgIpc) is 3.21. The number of hydrogen-bond donors (Lipinski definition) is 2. The molecule has 2 heterocycles. The first-order valence-corrected chi connectivity index (χ1v) is 13.8. The predicted octanol–water partition coefficient (Wildman–Crippen LogP) is 6.35. The SMILES string of the molecule is C=C(Cl)/C=C\C=C/F.COC(=O)c1ccc(CN2CCC3N[C@](C)(c4ccc(Cl)cc4NC=O)C(C)C3C2=O)cc1. The van der Waals surface area contributed by atoms with Crippen molar-refractivity contribution >= 4 is 47.2 Å². The van der Waals surface area contributed by atoms with E-state index in [0.717, 1.165) is 17.5 Å². The van der Waals surface area contributed by atoms with Crippen LogP contribution < -0.4 is 10.6 Å². The van der Waals surface area contributed by atoms with Gasteiger partial charge < -0.3 is 20.3 Å². The molecule has 7 nitrogen and oxygen atoms in total. The molecule has 2 N–H and O–H groups in total. The van der Waals surface area contributed by atoms with Crippen LogP contribution >= 0.6 is 23.2 Å². The minimum Gasteiger partial charge on any atom is -0.465 e. The van der Waals surface area contributed by atoms with Crippen molar-refractivity contribution < 1.29 is 23.5 Å². The number of halogens is 3. The van der Waals surface area contributed by atoms with Crippen molar-refractivity contribution in [3.05, 3.63) is 100 Å². The van der Waals surface area contributed by atoms with Crippen LogP contribution in [0.25, 0.3) is 0 Å². The van der Waals surface area contributed by atoms with Crippen molar-refractivity contribution in [1.82, 2.24) is 10.2 Å². The van der Waals surface area contributed by atoms with Gasteiger partial charge in [0, 0.05) is 40.4 Å². The highest BCUT2D eigenvalue weighted by molar-refractivity contribution is 6.31. The van der Waals surface area contributed by atoms with E-state index in [-0.39, 0.29) is 29.8 Å². The van der Waals surface area contributed by atoms with Gasteiger partial charge in [-0.2, -0.15) is 0 Å². The van der Waals surface area contributed by atoms with Crippen LogP contribution in [0.1, 0.15) is 41.8 Å². The van der Waals surface area contributed by atoms with Crippen LogP contribution in [0.15, 0.2) is 78.6 Å². The fourth-order valence-corrected chi connectivity index (χ4v) is 5.73. The number of carbonyl (C=O) groups is 3. The van der Waals surface area contributed by atoms with Crippen LogP contribution in [0.5, 0.6) is 0 Å².